The van der Waals surface area contributed by atoms with Crippen molar-refractivity contribution in [2.75, 3.05) is 0 Å². The van der Waals surface area contributed by atoms with E-state index in [1.807, 2.05) is 12.1 Å². The zero-order valence-corrected chi connectivity index (χ0v) is 12.5. The van der Waals surface area contributed by atoms with Gasteiger partial charge in [0, 0.05) is 23.1 Å². The fourth-order valence-corrected chi connectivity index (χ4v) is 3.14. The highest BCUT2D eigenvalue weighted by atomic mass is 16.5. The molecule has 24 heavy (non-hydrogen) atoms. The van der Waals surface area contributed by atoms with Gasteiger partial charge in [0.15, 0.2) is 5.65 Å². The van der Waals surface area contributed by atoms with Crippen LogP contribution in [-0.2, 0) is 12.8 Å². The summed E-state index contributed by atoms with van der Waals surface area (Å²) in [6.07, 6.45) is 2.70. The third-order valence-electron chi connectivity index (χ3n) is 4.21. The maximum Gasteiger partial charge on any atom is 0.339 e. The SMILES string of the molecule is O=c1oc2cc(Oc3ccc4nnnn4n3)ccc2c2c1CCC2. The monoisotopic (exact) mass is 321 g/mol. The molecule has 1 aliphatic rings. The van der Waals surface area contributed by atoms with Crippen LogP contribution >= 0.6 is 0 Å². The maximum atomic E-state index is 12.1. The minimum absolute atomic E-state index is 0.250. The number of ether oxygens (including phenoxy) is 1. The summed E-state index contributed by atoms with van der Waals surface area (Å²) in [6.45, 7) is 0. The molecule has 3 heterocycles. The first-order valence-corrected chi connectivity index (χ1v) is 7.60. The van der Waals surface area contributed by atoms with Gasteiger partial charge in [-0.25, -0.2) is 4.79 Å². The van der Waals surface area contributed by atoms with Crippen molar-refractivity contribution in [1.82, 2.24) is 25.3 Å². The van der Waals surface area contributed by atoms with E-state index < -0.39 is 0 Å². The molecule has 0 fully saturated rings. The van der Waals surface area contributed by atoms with E-state index in [-0.39, 0.29) is 5.63 Å². The average molecular weight is 321 g/mol. The van der Waals surface area contributed by atoms with Crippen molar-refractivity contribution in [1.29, 1.82) is 0 Å². The summed E-state index contributed by atoms with van der Waals surface area (Å²) in [5.74, 6) is 0.876. The number of nitrogens with zero attached hydrogens (tertiary/aromatic N) is 5. The highest BCUT2D eigenvalue weighted by Gasteiger charge is 2.19. The predicted molar refractivity (Wildman–Crippen MR) is 83.2 cm³/mol. The fourth-order valence-electron chi connectivity index (χ4n) is 3.14. The molecule has 0 unspecified atom stereocenters. The number of rotatable bonds is 2. The predicted octanol–water partition coefficient (Wildman–Crippen LogP) is 1.91. The van der Waals surface area contributed by atoms with Crippen LogP contribution in [-0.4, -0.2) is 25.3 Å². The minimum Gasteiger partial charge on any atom is -0.437 e. The molecular formula is C16H11N5O3. The number of hydrogen-bond donors (Lipinski definition) is 0. The van der Waals surface area contributed by atoms with Crippen LogP contribution in [0.5, 0.6) is 11.6 Å². The van der Waals surface area contributed by atoms with Crippen LogP contribution in [0, 0.1) is 0 Å². The summed E-state index contributed by atoms with van der Waals surface area (Å²) in [5.41, 5.74) is 2.72. The van der Waals surface area contributed by atoms with Gasteiger partial charge in [-0.05, 0) is 53.5 Å². The second kappa shape index (κ2) is 4.85. The standard InChI is InChI=1S/C16H11N5O3/c22-16-12-3-1-2-10(12)11-5-4-9(8-13(11)24-16)23-15-7-6-14-17-19-20-21(14)18-15/h4-8H,1-3H2. The van der Waals surface area contributed by atoms with Crippen molar-refractivity contribution in [3.63, 3.8) is 0 Å². The number of aryl methyl sites for hydroxylation is 1. The first-order valence-electron chi connectivity index (χ1n) is 7.60. The molecule has 0 bridgehead atoms. The van der Waals surface area contributed by atoms with Gasteiger partial charge >= 0.3 is 5.63 Å². The molecule has 8 heteroatoms. The smallest absolute Gasteiger partial charge is 0.339 e. The Morgan fingerprint density at radius 2 is 2.04 bits per heavy atom. The third kappa shape index (κ3) is 1.96. The van der Waals surface area contributed by atoms with E-state index in [9.17, 15) is 4.79 Å². The summed E-state index contributed by atoms with van der Waals surface area (Å²) in [7, 11) is 0. The van der Waals surface area contributed by atoms with Gasteiger partial charge in [0.1, 0.15) is 11.3 Å². The summed E-state index contributed by atoms with van der Waals surface area (Å²) < 4.78 is 12.5. The Hall–Kier alpha value is -3.29. The van der Waals surface area contributed by atoms with Crippen molar-refractivity contribution in [2.24, 2.45) is 0 Å². The van der Waals surface area contributed by atoms with Gasteiger partial charge in [0.25, 0.3) is 0 Å². The lowest BCUT2D eigenvalue weighted by atomic mass is 10.1. The van der Waals surface area contributed by atoms with Gasteiger partial charge in [0.05, 0.1) is 0 Å². The first-order chi connectivity index (χ1) is 11.8. The van der Waals surface area contributed by atoms with Crippen molar-refractivity contribution in [2.45, 2.75) is 19.3 Å². The summed E-state index contributed by atoms with van der Waals surface area (Å²) in [6, 6.07) is 8.85. The number of benzene rings is 1. The molecule has 8 nitrogen and oxygen atoms in total. The summed E-state index contributed by atoms with van der Waals surface area (Å²) in [4.78, 5) is 12.1. The molecule has 0 amide bonds. The molecule has 0 spiro atoms. The Morgan fingerprint density at radius 1 is 1.12 bits per heavy atom. The second-order valence-corrected chi connectivity index (χ2v) is 5.66. The van der Waals surface area contributed by atoms with E-state index in [1.54, 1.807) is 18.2 Å². The van der Waals surface area contributed by atoms with E-state index in [4.69, 9.17) is 9.15 Å². The van der Waals surface area contributed by atoms with E-state index in [0.717, 1.165) is 35.8 Å². The molecule has 3 aromatic heterocycles. The number of fused-ring (bicyclic) bond motifs is 4. The highest BCUT2D eigenvalue weighted by molar-refractivity contribution is 5.83. The van der Waals surface area contributed by atoms with Gasteiger partial charge in [0.2, 0.25) is 5.88 Å². The van der Waals surface area contributed by atoms with Crippen molar-refractivity contribution in [3.05, 3.63) is 51.9 Å². The molecule has 1 aliphatic carbocycles. The van der Waals surface area contributed by atoms with Gasteiger partial charge in [-0.3, -0.25) is 0 Å². The van der Waals surface area contributed by atoms with E-state index in [1.165, 1.54) is 4.63 Å². The third-order valence-corrected chi connectivity index (χ3v) is 4.21. The molecule has 0 radical (unpaired) electrons. The van der Waals surface area contributed by atoms with Crippen LogP contribution < -0.4 is 10.4 Å². The summed E-state index contributed by atoms with van der Waals surface area (Å²) in [5, 5.41) is 16.2. The summed E-state index contributed by atoms with van der Waals surface area (Å²) >= 11 is 0. The molecule has 0 N–H and O–H groups in total. The lowest BCUT2D eigenvalue weighted by molar-refractivity contribution is 0.446. The Kier molecular flexibility index (Phi) is 2.66. The van der Waals surface area contributed by atoms with E-state index in [0.29, 0.717) is 22.9 Å². The molecule has 0 saturated heterocycles. The Labute approximate surface area is 134 Å². The fraction of sp³-hybridized carbons (Fsp3) is 0.188. The maximum absolute atomic E-state index is 12.1. The number of aromatic nitrogens is 5. The first kappa shape index (κ1) is 13.2. The van der Waals surface area contributed by atoms with Crippen LogP contribution in [0.25, 0.3) is 16.6 Å². The molecule has 1 aromatic carbocycles. The Morgan fingerprint density at radius 3 is 3.00 bits per heavy atom. The molecular weight excluding hydrogens is 310 g/mol. The quantitative estimate of drug-likeness (QED) is 0.520. The molecule has 5 rings (SSSR count). The molecule has 0 saturated carbocycles. The van der Waals surface area contributed by atoms with Crippen molar-refractivity contribution in [3.8, 4) is 11.6 Å². The zero-order chi connectivity index (χ0) is 16.1. The van der Waals surface area contributed by atoms with Crippen molar-refractivity contribution < 1.29 is 9.15 Å². The largest absolute Gasteiger partial charge is 0.437 e. The van der Waals surface area contributed by atoms with E-state index in [2.05, 4.69) is 20.6 Å². The van der Waals surface area contributed by atoms with E-state index >= 15 is 0 Å². The van der Waals surface area contributed by atoms with Crippen molar-refractivity contribution >= 4 is 16.6 Å². The highest BCUT2D eigenvalue weighted by Crippen LogP contribution is 2.30. The molecule has 0 aliphatic heterocycles. The van der Waals surface area contributed by atoms with Crippen LogP contribution in [0.2, 0.25) is 0 Å². The van der Waals surface area contributed by atoms with Gasteiger partial charge < -0.3 is 9.15 Å². The van der Waals surface area contributed by atoms with Gasteiger partial charge in [-0.15, -0.1) is 14.8 Å². The van der Waals surface area contributed by atoms with Crippen LogP contribution in [0.4, 0.5) is 0 Å². The lowest BCUT2D eigenvalue weighted by Gasteiger charge is -2.07. The van der Waals surface area contributed by atoms with Gasteiger partial charge in [-0.2, -0.15) is 0 Å². The molecule has 4 aromatic rings. The molecule has 0 atom stereocenters. The molecule has 118 valence electrons. The normalized spacial score (nSPS) is 13.5. The Bertz CT molecular complexity index is 1150. The lowest BCUT2D eigenvalue weighted by Crippen LogP contribution is -2.06. The van der Waals surface area contributed by atoms with Crippen LogP contribution in [0.3, 0.4) is 0 Å². The average Bonchev–Trinajstić information content (AvgIpc) is 3.24. The number of tetrazole rings is 1. The minimum atomic E-state index is -0.250. The Balaban J connectivity index is 1.57. The van der Waals surface area contributed by atoms with Crippen LogP contribution in [0.1, 0.15) is 17.5 Å². The topological polar surface area (TPSA) is 95.4 Å². The van der Waals surface area contributed by atoms with Gasteiger partial charge in [-0.1, -0.05) is 0 Å². The number of hydrogen-bond acceptors (Lipinski definition) is 7. The van der Waals surface area contributed by atoms with Crippen LogP contribution in [0.15, 0.2) is 39.5 Å². The zero-order valence-electron chi connectivity index (χ0n) is 12.5. The second-order valence-electron chi connectivity index (χ2n) is 5.66.